The molecule has 1 aromatic rings. The monoisotopic (exact) mass is 225 g/mol. The van der Waals surface area contributed by atoms with E-state index < -0.39 is 0 Å². The summed E-state index contributed by atoms with van der Waals surface area (Å²) in [5, 5.41) is 9.55. The van der Waals surface area contributed by atoms with E-state index in [1.807, 2.05) is 19.1 Å². The Balaban J connectivity index is 2.78. The van der Waals surface area contributed by atoms with Gasteiger partial charge in [0, 0.05) is 17.0 Å². The maximum atomic E-state index is 9.03. The number of rotatable bonds is 5. The normalized spacial score (nSPS) is 14.9. The van der Waals surface area contributed by atoms with Crippen molar-refractivity contribution < 1.29 is 5.11 Å². The van der Waals surface area contributed by atoms with Crippen molar-refractivity contribution in [1.29, 1.82) is 0 Å². The van der Waals surface area contributed by atoms with Gasteiger partial charge in [0.15, 0.2) is 0 Å². The molecule has 0 saturated heterocycles. The van der Waals surface area contributed by atoms with Crippen LogP contribution in [0, 0.1) is 6.92 Å². The van der Waals surface area contributed by atoms with Crippen molar-refractivity contribution in [2.75, 3.05) is 13.2 Å². The molecule has 0 aromatic heterocycles. The van der Waals surface area contributed by atoms with E-state index in [0.717, 1.165) is 0 Å². The minimum absolute atomic E-state index is 0.201. The number of aryl methyl sites for hydroxylation is 1. The van der Waals surface area contributed by atoms with Gasteiger partial charge in [-0.25, -0.2) is 0 Å². The minimum Gasteiger partial charge on any atom is -0.395 e. The average molecular weight is 225 g/mol. The summed E-state index contributed by atoms with van der Waals surface area (Å²) in [6.45, 7) is 4.93. The SMILES string of the molecule is Cc1ccccc1C(CN)SC(C)CO. The van der Waals surface area contributed by atoms with Gasteiger partial charge in [-0.15, -0.1) is 11.8 Å². The molecule has 84 valence electrons. The van der Waals surface area contributed by atoms with E-state index in [1.165, 1.54) is 11.1 Å². The molecule has 0 fully saturated rings. The largest absolute Gasteiger partial charge is 0.395 e. The van der Waals surface area contributed by atoms with Crippen LogP contribution in [0.3, 0.4) is 0 Å². The molecule has 0 radical (unpaired) electrons. The van der Waals surface area contributed by atoms with Crippen LogP contribution in [0.1, 0.15) is 23.3 Å². The first-order valence-electron chi connectivity index (χ1n) is 5.21. The number of hydrogen-bond donors (Lipinski definition) is 2. The lowest BCUT2D eigenvalue weighted by Gasteiger charge is -2.20. The highest BCUT2D eigenvalue weighted by atomic mass is 32.2. The molecule has 0 aliphatic carbocycles. The molecule has 3 N–H and O–H groups in total. The molecule has 15 heavy (non-hydrogen) atoms. The van der Waals surface area contributed by atoms with Crippen molar-refractivity contribution in [3.63, 3.8) is 0 Å². The van der Waals surface area contributed by atoms with Crippen LogP contribution >= 0.6 is 11.8 Å². The van der Waals surface area contributed by atoms with Crippen molar-refractivity contribution in [2.45, 2.75) is 24.3 Å². The van der Waals surface area contributed by atoms with Crippen LogP contribution in [-0.4, -0.2) is 23.5 Å². The van der Waals surface area contributed by atoms with Gasteiger partial charge < -0.3 is 10.8 Å². The topological polar surface area (TPSA) is 46.2 Å². The minimum atomic E-state index is 0.201. The molecule has 0 aliphatic heterocycles. The number of aliphatic hydroxyl groups is 1. The van der Waals surface area contributed by atoms with Crippen LogP contribution in [0.4, 0.5) is 0 Å². The summed E-state index contributed by atoms with van der Waals surface area (Å²) in [6, 6.07) is 8.29. The third-order valence-corrected chi connectivity index (χ3v) is 3.79. The summed E-state index contributed by atoms with van der Waals surface area (Å²) in [6.07, 6.45) is 0. The van der Waals surface area contributed by atoms with Gasteiger partial charge in [0.2, 0.25) is 0 Å². The van der Waals surface area contributed by atoms with E-state index >= 15 is 0 Å². The highest BCUT2D eigenvalue weighted by Crippen LogP contribution is 2.32. The molecule has 2 atom stereocenters. The molecule has 0 amide bonds. The predicted molar refractivity (Wildman–Crippen MR) is 67.1 cm³/mol. The lowest BCUT2D eigenvalue weighted by atomic mass is 10.1. The molecular formula is C12H19NOS. The third-order valence-electron chi connectivity index (χ3n) is 2.40. The lowest BCUT2D eigenvalue weighted by molar-refractivity contribution is 0.300. The molecule has 0 aliphatic rings. The Hall–Kier alpha value is -0.510. The average Bonchev–Trinajstić information content (AvgIpc) is 2.26. The van der Waals surface area contributed by atoms with Crippen LogP contribution in [0.2, 0.25) is 0 Å². The van der Waals surface area contributed by atoms with Gasteiger partial charge in [-0.05, 0) is 18.1 Å². The molecule has 3 heteroatoms. The summed E-state index contributed by atoms with van der Waals surface area (Å²) >= 11 is 1.74. The smallest absolute Gasteiger partial charge is 0.0547 e. The van der Waals surface area contributed by atoms with E-state index in [1.54, 1.807) is 11.8 Å². The maximum Gasteiger partial charge on any atom is 0.0547 e. The molecule has 2 unspecified atom stereocenters. The van der Waals surface area contributed by atoms with Gasteiger partial charge in [-0.3, -0.25) is 0 Å². The quantitative estimate of drug-likeness (QED) is 0.807. The third kappa shape index (κ3) is 3.52. The second kappa shape index (κ2) is 6.16. The number of hydrogen-bond acceptors (Lipinski definition) is 3. The highest BCUT2D eigenvalue weighted by molar-refractivity contribution is 8.00. The first kappa shape index (κ1) is 12.6. The predicted octanol–water partition coefficient (Wildman–Crippen LogP) is 2.11. The molecule has 1 rings (SSSR count). The Morgan fingerprint density at radius 1 is 1.40 bits per heavy atom. The molecule has 0 heterocycles. The Kier molecular flexibility index (Phi) is 5.15. The van der Waals surface area contributed by atoms with Gasteiger partial charge in [0.1, 0.15) is 0 Å². The number of aliphatic hydroxyl groups excluding tert-OH is 1. The van der Waals surface area contributed by atoms with Crippen molar-refractivity contribution >= 4 is 11.8 Å². The fraction of sp³-hybridized carbons (Fsp3) is 0.500. The van der Waals surface area contributed by atoms with Crippen molar-refractivity contribution in [3.8, 4) is 0 Å². The second-order valence-electron chi connectivity index (χ2n) is 3.71. The first-order chi connectivity index (χ1) is 7.19. The van der Waals surface area contributed by atoms with Gasteiger partial charge in [-0.2, -0.15) is 0 Å². The molecule has 0 saturated carbocycles. The Labute approximate surface area is 95.9 Å². The van der Waals surface area contributed by atoms with Gasteiger partial charge in [0.05, 0.1) is 6.61 Å². The summed E-state index contributed by atoms with van der Waals surface area (Å²) < 4.78 is 0. The zero-order valence-electron chi connectivity index (χ0n) is 9.31. The summed E-state index contributed by atoms with van der Waals surface area (Å²) in [4.78, 5) is 0. The molecule has 2 nitrogen and oxygen atoms in total. The van der Waals surface area contributed by atoms with Gasteiger partial charge >= 0.3 is 0 Å². The Morgan fingerprint density at radius 3 is 2.60 bits per heavy atom. The second-order valence-corrected chi connectivity index (χ2v) is 5.36. The summed E-state index contributed by atoms with van der Waals surface area (Å²) in [7, 11) is 0. The van der Waals surface area contributed by atoms with E-state index in [-0.39, 0.29) is 17.1 Å². The molecule has 0 bridgehead atoms. The number of nitrogens with two attached hydrogens (primary N) is 1. The summed E-state index contributed by atoms with van der Waals surface area (Å²) in [5.74, 6) is 0. The molecule has 1 aromatic carbocycles. The number of thioether (sulfide) groups is 1. The highest BCUT2D eigenvalue weighted by Gasteiger charge is 2.15. The zero-order valence-corrected chi connectivity index (χ0v) is 10.1. The van der Waals surface area contributed by atoms with E-state index in [2.05, 4.69) is 19.1 Å². The molecular weight excluding hydrogens is 206 g/mol. The maximum absolute atomic E-state index is 9.03. The van der Waals surface area contributed by atoms with Gasteiger partial charge in [0.25, 0.3) is 0 Å². The van der Waals surface area contributed by atoms with Crippen LogP contribution in [-0.2, 0) is 0 Å². The van der Waals surface area contributed by atoms with Crippen molar-refractivity contribution in [2.24, 2.45) is 5.73 Å². The van der Waals surface area contributed by atoms with Crippen molar-refractivity contribution in [1.82, 2.24) is 0 Å². The zero-order chi connectivity index (χ0) is 11.3. The first-order valence-corrected chi connectivity index (χ1v) is 6.15. The van der Waals surface area contributed by atoms with Crippen LogP contribution in [0.25, 0.3) is 0 Å². The fourth-order valence-corrected chi connectivity index (χ4v) is 2.70. The summed E-state index contributed by atoms with van der Waals surface area (Å²) in [5.41, 5.74) is 8.33. The molecule has 0 spiro atoms. The van der Waals surface area contributed by atoms with Crippen LogP contribution < -0.4 is 5.73 Å². The van der Waals surface area contributed by atoms with E-state index in [0.29, 0.717) is 6.54 Å². The lowest BCUT2D eigenvalue weighted by Crippen LogP contribution is -2.15. The van der Waals surface area contributed by atoms with Crippen LogP contribution in [0.5, 0.6) is 0 Å². The van der Waals surface area contributed by atoms with E-state index in [9.17, 15) is 0 Å². The Morgan fingerprint density at radius 2 is 2.07 bits per heavy atom. The van der Waals surface area contributed by atoms with E-state index in [4.69, 9.17) is 10.8 Å². The van der Waals surface area contributed by atoms with Crippen molar-refractivity contribution in [3.05, 3.63) is 35.4 Å². The fourth-order valence-electron chi connectivity index (χ4n) is 1.53. The van der Waals surface area contributed by atoms with Crippen LogP contribution in [0.15, 0.2) is 24.3 Å². The number of benzene rings is 1. The standard InChI is InChI=1S/C12H19NOS/c1-9-5-3-4-6-11(9)12(7-13)15-10(2)8-14/h3-6,10,12,14H,7-8,13H2,1-2H3. The Bertz CT molecular complexity index is 303. The van der Waals surface area contributed by atoms with Gasteiger partial charge in [-0.1, -0.05) is 31.2 Å².